The number of ether oxygens (including phenoxy) is 2. The van der Waals surface area contributed by atoms with Crippen molar-refractivity contribution >= 4 is 22.4 Å². The third kappa shape index (κ3) is 4.53. The van der Waals surface area contributed by atoms with Crippen molar-refractivity contribution < 1.29 is 9.47 Å². The fraction of sp³-hybridized carbons (Fsp3) is 0.444. The molecule has 0 aliphatic carbocycles. The first-order valence-corrected chi connectivity index (χ1v) is 8.23. The lowest BCUT2D eigenvalue weighted by atomic mass is 10.1. The molecule has 0 saturated carbocycles. The molecule has 21 heavy (non-hydrogen) atoms. The van der Waals surface area contributed by atoms with Crippen LogP contribution in [0.2, 0.25) is 0 Å². The lowest BCUT2D eigenvalue weighted by molar-refractivity contribution is 0.307. The smallest absolute Gasteiger partial charge is 0.127 e. The number of halogens is 1. The van der Waals surface area contributed by atoms with E-state index >= 15 is 0 Å². The molecule has 0 unspecified atom stereocenters. The third-order valence-electron chi connectivity index (χ3n) is 3.43. The summed E-state index contributed by atoms with van der Waals surface area (Å²) >= 11 is 5.69. The highest BCUT2D eigenvalue weighted by molar-refractivity contribution is 6.18. The van der Waals surface area contributed by atoms with Gasteiger partial charge in [-0.2, -0.15) is 0 Å². The number of hydrogen-bond acceptors (Lipinski definition) is 2. The molecule has 0 aromatic heterocycles. The molecular formula is C18H23ClO2. The molecule has 0 fully saturated rings. The van der Waals surface area contributed by atoms with Crippen molar-refractivity contribution in [3.05, 3.63) is 36.4 Å². The van der Waals surface area contributed by atoms with Crippen molar-refractivity contribution in [2.24, 2.45) is 0 Å². The van der Waals surface area contributed by atoms with Gasteiger partial charge in [-0.05, 0) is 18.6 Å². The Morgan fingerprint density at radius 1 is 0.810 bits per heavy atom. The average molecular weight is 307 g/mol. The van der Waals surface area contributed by atoms with E-state index in [9.17, 15) is 0 Å². The maximum Gasteiger partial charge on any atom is 0.127 e. The first-order chi connectivity index (χ1) is 10.4. The Kier molecular flexibility index (Phi) is 6.68. The van der Waals surface area contributed by atoms with E-state index < -0.39 is 0 Å². The van der Waals surface area contributed by atoms with Crippen LogP contribution < -0.4 is 9.47 Å². The molecule has 0 atom stereocenters. The van der Waals surface area contributed by atoms with Crippen LogP contribution >= 0.6 is 11.6 Å². The number of rotatable bonds is 9. The lowest BCUT2D eigenvalue weighted by Crippen LogP contribution is -2.01. The molecule has 0 radical (unpaired) electrons. The number of hydrogen-bond donors (Lipinski definition) is 0. The highest BCUT2D eigenvalue weighted by Gasteiger charge is 2.07. The van der Waals surface area contributed by atoms with Crippen molar-refractivity contribution in [3.63, 3.8) is 0 Å². The Morgan fingerprint density at radius 3 is 2.00 bits per heavy atom. The average Bonchev–Trinajstić information content (AvgIpc) is 2.53. The minimum Gasteiger partial charge on any atom is -0.493 e. The van der Waals surface area contributed by atoms with Gasteiger partial charge < -0.3 is 9.47 Å². The zero-order chi connectivity index (χ0) is 14.9. The molecule has 2 nitrogen and oxygen atoms in total. The zero-order valence-electron chi connectivity index (χ0n) is 12.6. The van der Waals surface area contributed by atoms with E-state index in [1.165, 1.54) is 19.3 Å². The van der Waals surface area contributed by atoms with Gasteiger partial charge in [0.15, 0.2) is 0 Å². The molecule has 0 spiro atoms. The molecule has 0 aliphatic rings. The van der Waals surface area contributed by atoms with Crippen LogP contribution in [0, 0.1) is 0 Å². The largest absolute Gasteiger partial charge is 0.493 e. The molecule has 2 rings (SSSR count). The van der Waals surface area contributed by atoms with Crippen LogP contribution in [0.1, 0.15) is 32.6 Å². The Balaban J connectivity index is 2.10. The first-order valence-electron chi connectivity index (χ1n) is 7.70. The van der Waals surface area contributed by atoms with Crippen molar-refractivity contribution in [1.29, 1.82) is 0 Å². The molecule has 0 N–H and O–H groups in total. The maximum atomic E-state index is 5.94. The summed E-state index contributed by atoms with van der Waals surface area (Å²) in [5, 5.41) is 2.17. The van der Waals surface area contributed by atoms with E-state index in [1.54, 1.807) is 0 Å². The van der Waals surface area contributed by atoms with Crippen LogP contribution in [0.15, 0.2) is 36.4 Å². The molecule has 2 aromatic rings. The number of benzene rings is 2. The van der Waals surface area contributed by atoms with Crippen LogP contribution in [0.3, 0.4) is 0 Å². The highest BCUT2D eigenvalue weighted by Crippen LogP contribution is 2.33. The van der Waals surface area contributed by atoms with E-state index in [4.69, 9.17) is 21.1 Å². The molecule has 0 heterocycles. The van der Waals surface area contributed by atoms with Gasteiger partial charge in [-0.1, -0.05) is 50.5 Å². The van der Waals surface area contributed by atoms with Gasteiger partial charge >= 0.3 is 0 Å². The van der Waals surface area contributed by atoms with Gasteiger partial charge in [0.1, 0.15) is 18.1 Å². The van der Waals surface area contributed by atoms with Crippen LogP contribution in [0.4, 0.5) is 0 Å². The summed E-state index contributed by atoms with van der Waals surface area (Å²) in [6.07, 6.45) is 4.85. The molecule has 3 heteroatoms. The van der Waals surface area contributed by atoms with Gasteiger partial charge in [-0.15, -0.1) is 11.6 Å². The summed E-state index contributed by atoms with van der Waals surface area (Å²) < 4.78 is 11.6. The van der Waals surface area contributed by atoms with Gasteiger partial charge in [0.25, 0.3) is 0 Å². The predicted molar refractivity (Wildman–Crippen MR) is 89.8 cm³/mol. The number of alkyl halides is 1. The van der Waals surface area contributed by atoms with Crippen molar-refractivity contribution in [2.75, 3.05) is 19.1 Å². The molecule has 114 valence electrons. The quantitative estimate of drug-likeness (QED) is 0.455. The molecule has 2 aromatic carbocycles. The van der Waals surface area contributed by atoms with E-state index in [0.717, 1.165) is 35.3 Å². The predicted octanol–water partition coefficient (Wildman–Crippen LogP) is 5.42. The van der Waals surface area contributed by atoms with E-state index in [2.05, 4.69) is 19.1 Å². The Hall–Kier alpha value is -1.41. The second-order valence-electron chi connectivity index (χ2n) is 5.05. The Bertz CT molecular complexity index is 554. The Labute approximate surface area is 132 Å². The number of fused-ring (bicyclic) bond motifs is 1. The fourth-order valence-electron chi connectivity index (χ4n) is 2.36. The van der Waals surface area contributed by atoms with Crippen molar-refractivity contribution in [1.82, 2.24) is 0 Å². The zero-order valence-corrected chi connectivity index (χ0v) is 13.4. The van der Waals surface area contributed by atoms with Gasteiger partial charge in [0.05, 0.1) is 12.5 Å². The van der Waals surface area contributed by atoms with Gasteiger partial charge in [0, 0.05) is 10.8 Å². The van der Waals surface area contributed by atoms with Gasteiger partial charge in [-0.25, -0.2) is 0 Å². The first kappa shape index (κ1) is 16.0. The molecule has 0 saturated heterocycles. The summed E-state index contributed by atoms with van der Waals surface area (Å²) in [4.78, 5) is 0. The molecule has 0 bridgehead atoms. The van der Waals surface area contributed by atoms with Crippen LogP contribution in [-0.2, 0) is 0 Å². The van der Waals surface area contributed by atoms with Gasteiger partial charge in [0.2, 0.25) is 0 Å². The minimum absolute atomic E-state index is 0.490. The normalized spacial score (nSPS) is 10.8. The third-order valence-corrected chi connectivity index (χ3v) is 3.59. The SMILES string of the molecule is CCCCCCOc1ccc(OCCCl)c2ccccc12. The van der Waals surface area contributed by atoms with Crippen LogP contribution in [-0.4, -0.2) is 19.1 Å². The van der Waals surface area contributed by atoms with Crippen molar-refractivity contribution in [2.45, 2.75) is 32.6 Å². The lowest BCUT2D eigenvalue weighted by Gasteiger charge is -2.13. The second-order valence-corrected chi connectivity index (χ2v) is 5.43. The standard InChI is InChI=1S/C18H23ClO2/c1-2-3-4-7-13-20-17-10-11-18(21-14-12-19)16-9-6-5-8-15(16)17/h5-6,8-11H,2-4,7,12-14H2,1H3. The minimum atomic E-state index is 0.490. The van der Waals surface area contributed by atoms with Gasteiger partial charge in [-0.3, -0.25) is 0 Å². The summed E-state index contributed by atoms with van der Waals surface area (Å²) in [6.45, 7) is 3.50. The summed E-state index contributed by atoms with van der Waals surface area (Å²) in [6, 6.07) is 12.1. The second kappa shape index (κ2) is 8.78. The molecule has 0 amide bonds. The summed E-state index contributed by atoms with van der Waals surface area (Å²) in [5.74, 6) is 2.29. The molecule has 0 aliphatic heterocycles. The molecular weight excluding hydrogens is 284 g/mol. The fourth-order valence-corrected chi connectivity index (χ4v) is 2.43. The van der Waals surface area contributed by atoms with Crippen LogP contribution in [0.25, 0.3) is 10.8 Å². The van der Waals surface area contributed by atoms with Crippen molar-refractivity contribution in [3.8, 4) is 11.5 Å². The summed E-state index contributed by atoms with van der Waals surface area (Å²) in [7, 11) is 0. The van der Waals surface area contributed by atoms with Crippen LogP contribution in [0.5, 0.6) is 11.5 Å². The maximum absolute atomic E-state index is 5.94. The van der Waals surface area contributed by atoms with E-state index in [0.29, 0.717) is 12.5 Å². The summed E-state index contributed by atoms with van der Waals surface area (Å²) in [5.41, 5.74) is 0. The monoisotopic (exact) mass is 306 g/mol. The highest BCUT2D eigenvalue weighted by atomic mass is 35.5. The van der Waals surface area contributed by atoms with E-state index in [1.807, 2.05) is 24.3 Å². The van der Waals surface area contributed by atoms with E-state index in [-0.39, 0.29) is 0 Å². The topological polar surface area (TPSA) is 18.5 Å². The number of unbranched alkanes of at least 4 members (excludes halogenated alkanes) is 3. The Morgan fingerprint density at radius 2 is 1.43 bits per heavy atom.